The van der Waals surface area contributed by atoms with Gasteiger partial charge in [-0.3, -0.25) is 0 Å². The average Bonchev–Trinajstić information content (AvgIpc) is 3.05. The summed E-state index contributed by atoms with van der Waals surface area (Å²) in [6, 6.07) is 19.9. The van der Waals surface area contributed by atoms with E-state index in [9.17, 15) is 0 Å². The average molecular weight is 465 g/mol. The fourth-order valence-corrected chi connectivity index (χ4v) is 4.73. The molecule has 0 bridgehead atoms. The van der Waals surface area contributed by atoms with Crippen molar-refractivity contribution < 1.29 is 14.2 Å². The maximum atomic E-state index is 6.35. The monoisotopic (exact) mass is 464 g/mol. The van der Waals surface area contributed by atoms with Crippen molar-refractivity contribution >= 4 is 8.07 Å². The van der Waals surface area contributed by atoms with Gasteiger partial charge in [0.15, 0.2) is 0 Å². The first-order valence-corrected chi connectivity index (χ1v) is 15.4. The van der Waals surface area contributed by atoms with Crippen LogP contribution in [0.25, 0.3) is 22.4 Å². The van der Waals surface area contributed by atoms with Crippen LogP contribution in [0, 0.1) is 0 Å². The van der Waals surface area contributed by atoms with Gasteiger partial charge in [-0.1, -0.05) is 50.0 Å². The lowest BCUT2D eigenvalue weighted by atomic mass is 10.0. The van der Waals surface area contributed by atoms with Crippen LogP contribution in [-0.4, -0.2) is 51.4 Å². The number of aromatic nitrogens is 1. The Balaban J connectivity index is 1.73. The Bertz CT molecular complexity index is 1090. The second kappa shape index (κ2) is 10.3. The van der Waals surface area contributed by atoms with Crippen molar-refractivity contribution in [1.82, 2.24) is 9.47 Å². The van der Waals surface area contributed by atoms with Gasteiger partial charge in [-0.15, -0.1) is 0 Å². The molecule has 0 radical (unpaired) electrons. The molecule has 1 aromatic heterocycles. The molecule has 176 valence electrons. The van der Waals surface area contributed by atoms with Crippen molar-refractivity contribution in [2.24, 2.45) is 0 Å². The summed E-state index contributed by atoms with van der Waals surface area (Å²) in [5.41, 5.74) is 5.60. The van der Waals surface area contributed by atoms with Crippen molar-refractivity contribution in [2.75, 3.05) is 33.9 Å². The predicted octanol–water partition coefficient (Wildman–Crippen LogP) is 6.32. The number of hydrogen-bond acceptors (Lipinski definition) is 4. The van der Waals surface area contributed by atoms with Crippen LogP contribution < -0.4 is 4.74 Å². The van der Waals surface area contributed by atoms with Crippen LogP contribution in [0.5, 0.6) is 11.5 Å². The lowest BCUT2D eigenvalue weighted by Gasteiger charge is -2.19. The van der Waals surface area contributed by atoms with E-state index in [2.05, 4.69) is 73.5 Å². The molecule has 0 unspecified atom stereocenters. The normalized spacial score (nSPS) is 12.7. The molecule has 4 rings (SSSR count). The molecular weight excluding hydrogens is 428 g/mol. The number of ether oxygens (including phenoxy) is 3. The summed E-state index contributed by atoms with van der Waals surface area (Å²) in [5.74, 6) is 1.74. The first kappa shape index (κ1) is 23.8. The molecule has 0 saturated heterocycles. The van der Waals surface area contributed by atoms with E-state index >= 15 is 0 Å². The largest absolute Gasteiger partial charge is 0.456 e. The predicted molar refractivity (Wildman–Crippen MR) is 138 cm³/mol. The molecule has 6 heteroatoms. The summed E-state index contributed by atoms with van der Waals surface area (Å²) >= 11 is 0. The van der Waals surface area contributed by atoms with Gasteiger partial charge in [-0.2, -0.15) is 0 Å². The molecule has 0 fully saturated rings. The van der Waals surface area contributed by atoms with E-state index < -0.39 is 8.07 Å². The number of fused-ring (bicyclic) bond motifs is 5. The summed E-state index contributed by atoms with van der Waals surface area (Å²) < 4.78 is 20.9. The molecule has 5 nitrogen and oxygen atoms in total. The summed E-state index contributed by atoms with van der Waals surface area (Å²) in [6.45, 7) is 10.6. The Hall–Kier alpha value is -2.38. The minimum absolute atomic E-state index is 0.503. The smallest absolute Gasteiger partial charge is 0.136 e. The third-order valence-corrected chi connectivity index (χ3v) is 7.58. The Labute approximate surface area is 198 Å². The molecule has 0 N–H and O–H groups in total. The third-order valence-electron chi connectivity index (χ3n) is 5.87. The zero-order chi connectivity index (χ0) is 23.4. The van der Waals surface area contributed by atoms with E-state index in [1.807, 2.05) is 24.3 Å². The first-order chi connectivity index (χ1) is 15.8. The van der Waals surface area contributed by atoms with E-state index in [-0.39, 0.29) is 0 Å². The van der Waals surface area contributed by atoms with Crippen molar-refractivity contribution in [3.8, 4) is 33.9 Å². The van der Waals surface area contributed by atoms with Gasteiger partial charge in [-0.25, -0.2) is 0 Å². The zero-order valence-corrected chi connectivity index (χ0v) is 21.6. The van der Waals surface area contributed by atoms with Crippen LogP contribution in [0.15, 0.2) is 54.6 Å². The second-order valence-electron chi connectivity index (χ2n) is 10.1. The van der Waals surface area contributed by atoms with E-state index in [0.717, 1.165) is 58.8 Å². The lowest BCUT2D eigenvalue weighted by Crippen LogP contribution is -2.22. The van der Waals surface area contributed by atoms with Gasteiger partial charge in [0.25, 0.3) is 0 Å². The maximum Gasteiger partial charge on any atom is 0.136 e. The number of likely N-dealkylation sites (N-methyl/N-ethyl adjacent to an activating group) is 1. The Kier molecular flexibility index (Phi) is 7.39. The van der Waals surface area contributed by atoms with E-state index in [1.54, 1.807) is 0 Å². The molecule has 2 aromatic carbocycles. The topological polar surface area (TPSA) is 35.9 Å². The van der Waals surface area contributed by atoms with Crippen molar-refractivity contribution in [3.63, 3.8) is 0 Å². The highest BCUT2D eigenvalue weighted by Gasteiger charge is 2.26. The molecule has 33 heavy (non-hydrogen) atoms. The quantitative estimate of drug-likeness (QED) is 0.203. The fourth-order valence-electron chi connectivity index (χ4n) is 3.97. The second-order valence-corrected chi connectivity index (χ2v) is 15.7. The highest BCUT2D eigenvalue weighted by atomic mass is 28.3. The zero-order valence-electron chi connectivity index (χ0n) is 20.6. The minimum Gasteiger partial charge on any atom is -0.456 e. The first-order valence-electron chi connectivity index (χ1n) is 11.7. The molecule has 0 aliphatic carbocycles. The fraction of sp³-hybridized carbons (Fsp3) is 0.407. The van der Waals surface area contributed by atoms with Gasteiger partial charge in [0.1, 0.15) is 18.2 Å². The van der Waals surface area contributed by atoms with Gasteiger partial charge < -0.3 is 23.7 Å². The number of para-hydroxylation sites is 2. The molecule has 0 atom stereocenters. The molecule has 0 saturated carbocycles. The van der Waals surface area contributed by atoms with Gasteiger partial charge in [0.05, 0.1) is 18.9 Å². The highest BCUT2D eigenvalue weighted by Crippen LogP contribution is 2.47. The Morgan fingerprint density at radius 1 is 0.848 bits per heavy atom. The van der Waals surface area contributed by atoms with Crippen molar-refractivity contribution in [2.45, 2.75) is 39.0 Å². The number of hydrogen-bond donors (Lipinski definition) is 0. The van der Waals surface area contributed by atoms with Gasteiger partial charge >= 0.3 is 0 Å². The van der Waals surface area contributed by atoms with Gasteiger partial charge in [0, 0.05) is 43.6 Å². The highest BCUT2D eigenvalue weighted by molar-refractivity contribution is 6.76. The number of nitrogens with zero attached hydrogens (tertiary/aromatic N) is 2. The van der Waals surface area contributed by atoms with Gasteiger partial charge in [0.2, 0.25) is 0 Å². The Morgan fingerprint density at radius 3 is 2.21 bits per heavy atom. The van der Waals surface area contributed by atoms with E-state index in [4.69, 9.17) is 14.2 Å². The SMILES string of the molecule is CN(C)CCOCc1cc2c(n1COCC[Si](C)(C)C)-c1ccccc1Oc1ccccc1-2. The van der Waals surface area contributed by atoms with Crippen LogP contribution >= 0.6 is 0 Å². The van der Waals surface area contributed by atoms with E-state index in [1.165, 1.54) is 0 Å². The number of rotatable bonds is 10. The van der Waals surface area contributed by atoms with Crippen LogP contribution in [0.2, 0.25) is 25.7 Å². The molecular formula is C27H36N2O3Si. The molecule has 1 aliphatic rings. The van der Waals surface area contributed by atoms with Crippen LogP contribution in [0.4, 0.5) is 0 Å². The minimum atomic E-state index is -1.15. The standard InChI is InChI=1S/C27H36N2O3Si/c1-28(2)14-15-30-19-21-18-24-22-10-6-8-12-25(22)32-26-13-9-7-11-23(26)27(24)29(21)20-31-16-17-33(3,4)5/h6-13,18H,14-17,19-20H2,1-5H3. The molecule has 0 spiro atoms. The summed E-state index contributed by atoms with van der Waals surface area (Å²) in [6.07, 6.45) is 0. The molecule has 2 heterocycles. The Morgan fingerprint density at radius 2 is 1.52 bits per heavy atom. The van der Waals surface area contributed by atoms with Crippen molar-refractivity contribution in [1.29, 1.82) is 0 Å². The summed E-state index contributed by atoms with van der Waals surface area (Å²) in [4.78, 5) is 2.14. The van der Waals surface area contributed by atoms with Crippen molar-refractivity contribution in [3.05, 3.63) is 60.3 Å². The number of benzene rings is 2. The van der Waals surface area contributed by atoms with Gasteiger partial charge in [-0.05, 0) is 44.4 Å². The van der Waals surface area contributed by atoms with E-state index in [0.29, 0.717) is 19.9 Å². The summed E-state index contributed by atoms with van der Waals surface area (Å²) in [5, 5.41) is 0. The van der Waals surface area contributed by atoms with Crippen LogP contribution in [0.1, 0.15) is 5.69 Å². The molecule has 0 amide bonds. The maximum absolute atomic E-state index is 6.35. The molecule has 1 aliphatic heterocycles. The van der Waals surface area contributed by atoms with Crippen LogP contribution in [0.3, 0.4) is 0 Å². The molecule has 3 aromatic rings. The van der Waals surface area contributed by atoms with Crippen LogP contribution in [-0.2, 0) is 22.8 Å². The third kappa shape index (κ3) is 5.76. The lowest BCUT2D eigenvalue weighted by molar-refractivity contribution is 0.0707. The summed E-state index contributed by atoms with van der Waals surface area (Å²) in [7, 11) is 2.97.